The van der Waals surface area contributed by atoms with Gasteiger partial charge in [-0.3, -0.25) is 0 Å². The molecule has 1 heteroatoms. The van der Waals surface area contributed by atoms with Crippen molar-refractivity contribution in [2.24, 2.45) is 0 Å². The number of halogens is 1. The molecule has 86 valence electrons. The summed E-state index contributed by atoms with van der Waals surface area (Å²) >= 11 is 6.19. The van der Waals surface area contributed by atoms with Crippen molar-refractivity contribution in [3.63, 3.8) is 0 Å². The summed E-state index contributed by atoms with van der Waals surface area (Å²) in [7, 11) is 0. The monoisotopic (exact) mass is 234 g/mol. The van der Waals surface area contributed by atoms with Crippen LogP contribution in [0.2, 0.25) is 0 Å². The Bertz CT molecular complexity index is 382. The Labute approximate surface area is 104 Å². The van der Waals surface area contributed by atoms with E-state index in [0.29, 0.717) is 0 Å². The quantitative estimate of drug-likeness (QED) is 0.617. The second kappa shape index (κ2) is 6.55. The summed E-state index contributed by atoms with van der Waals surface area (Å²) in [5, 5.41) is 0.983. The molecule has 0 fully saturated rings. The first-order valence-electron chi connectivity index (χ1n) is 5.89. The van der Waals surface area contributed by atoms with E-state index in [1.54, 1.807) is 0 Å². The standard InChI is InChI=1S/C13H13Cl.C2H6/c1-10-6-8-11(9-7-10)12-4-2-3-5-13(12)14;1-2/h2,4,6-9H,3,5H2,1H3;1-2H3. The maximum absolute atomic E-state index is 6.19. The Hall–Kier alpha value is -1.01. The highest BCUT2D eigenvalue weighted by Gasteiger charge is 2.07. The van der Waals surface area contributed by atoms with Crippen LogP contribution in [-0.2, 0) is 0 Å². The molecular weight excluding hydrogens is 216 g/mol. The van der Waals surface area contributed by atoms with Crippen molar-refractivity contribution in [2.75, 3.05) is 0 Å². The summed E-state index contributed by atoms with van der Waals surface area (Å²) < 4.78 is 0. The molecule has 16 heavy (non-hydrogen) atoms. The minimum absolute atomic E-state index is 0.973. The van der Waals surface area contributed by atoms with Crippen molar-refractivity contribution in [3.8, 4) is 0 Å². The van der Waals surface area contributed by atoms with Crippen LogP contribution in [0.25, 0.3) is 5.57 Å². The van der Waals surface area contributed by atoms with Crippen LogP contribution in [0.15, 0.2) is 41.4 Å². The summed E-state index contributed by atoms with van der Waals surface area (Å²) in [4.78, 5) is 0. The lowest BCUT2D eigenvalue weighted by atomic mass is 9.99. The Morgan fingerprint density at radius 3 is 2.25 bits per heavy atom. The Morgan fingerprint density at radius 1 is 1.06 bits per heavy atom. The molecule has 0 saturated heterocycles. The van der Waals surface area contributed by atoms with E-state index in [-0.39, 0.29) is 0 Å². The molecular formula is C15H19Cl. The van der Waals surface area contributed by atoms with E-state index in [9.17, 15) is 0 Å². The van der Waals surface area contributed by atoms with Gasteiger partial charge in [0.05, 0.1) is 0 Å². The van der Waals surface area contributed by atoms with Crippen molar-refractivity contribution >= 4 is 17.2 Å². The van der Waals surface area contributed by atoms with E-state index < -0.39 is 0 Å². The second-order valence-corrected chi connectivity index (χ2v) is 4.08. The van der Waals surface area contributed by atoms with E-state index in [1.165, 1.54) is 16.7 Å². The number of aryl methyl sites for hydroxylation is 1. The van der Waals surface area contributed by atoms with Crippen LogP contribution in [0.4, 0.5) is 0 Å². The lowest BCUT2D eigenvalue weighted by molar-refractivity contribution is 1.02. The fraction of sp³-hybridized carbons (Fsp3) is 0.333. The van der Waals surface area contributed by atoms with Crippen LogP contribution < -0.4 is 0 Å². The maximum Gasteiger partial charge on any atom is 0.0262 e. The highest BCUT2D eigenvalue weighted by Crippen LogP contribution is 2.29. The third-order valence-corrected chi connectivity index (χ3v) is 2.86. The van der Waals surface area contributed by atoms with Crippen molar-refractivity contribution < 1.29 is 0 Å². The van der Waals surface area contributed by atoms with Gasteiger partial charge < -0.3 is 0 Å². The van der Waals surface area contributed by atoms with Crippen LogP contribution in [0.5, 0.6) is 0 Å². The molecule has 0 amide bonds. The van der Waals surface area contributed by atoms with Crippen LogP contribution in [0.3, 0.4) is 0 Å². The molecule has 0 heterocycles. The molecule has 2 rings (SSSR count). The SMILES string of the molecule is CC.Cc1ccc(C2=C(Cl)CCC=C2)cc1. The number of allylic oxidation sites excluding steroid dienone is 4. The highest BCUT2D eigenvalue weighted by molar-refractivity contribution is 6.33. The summed E-state index contributed by atoms with van der Waals surface area (Å²) in [5.74, 6) is 0. The second-order valence-electron chi connectivity index (χ2n) is 3.63. The van der Waals surface area contributed by atoms with Crippen LogP contribution >= 0.6 is 11.6 Å². The van der Waals surface area contributed by atoms with Crippen LogP contribution in [0.1, 0.15) is 37.8 Å². The summed E-state index contributed by atoms with van der Waals surface area (Å²) in [5.41, 5.74) is 3.68. The number of benzene rings is 1. The molecule has 0 nitrogen and oxygen atoms in total. The van der Waals surface area contributed by atoms with E-state index >= 15 is 0 Å². The molecule has 0 aliphatic heterocycles. The van der Waals surface area contributed by atoms with Gasteiger partial charge in [-0.25, -0.2) is 0 Å². The van der Waals surface area contributed by atoms with Gasteiger partial charge in [-0.05, 0) is 30.9 Å². The molecule has 0 saturated carbocycles. The first-order chi connectivity index (χ1) is 7.77. The highest BCUT2D eigenvalue weighted by atomic mass is 35.5. The molecule has 1 aromatic carbocycles. The van der Waals surface area contributed by atoms with E-state index in [1.807, 2.05) is 13.8 Å². The molecule has 0 bridgehead atoms. The zero-order valence-electron chi connectivity index (χ0n) is 10.3. The number of rotatable bonds is 1. The van der Waals surface area contributed by atoms with Crippen molar-refractivity contribution in [3.05, 3.63) is 52.6 Å². The zero-order valence-corrected chi connectivity index (χ0v) is 11.0. The predicted octanol–water partition coefficient (Wildman–Crippen LogP) is 5.32. The predicted molar refractivity (Wildman–Crippen MR) is 73.7 cm³/mol. The largest absolute Gasteiger partial charge is 0.0885 e. The molecule has 0 unspecified atom stereocenters. The van der Waals surface area contributed by atoms with Gasteiger partial charge in [0, 0.05) is 5.03 Å². The zero-order chi connectivity index (χ0) is 12.0. The minimum atomic E-state index is 0.973. The molecule has 0 aromatic heterocycles. The Morgan fingerprint density at radius 2 is 1.69 bits per heavy atom. The van der Waals surface area contributed by atoms with Gasteiger partial charge in [0.1, 0.15) is 0 Å². The minimum Gasteiger partial charge on any atom is -0.0885 e. The van der Waals surface area contributed by atoms with E-state index in [0.717, 1.165) is 17.9 Å². The van der Waals surface area contributed by atoms with E-state index in [4.69, 9.17) is 11.6 Å². The molecule has 1 aromatic rings. The smallest absolute Gasteiger partial charge is 0.0262 e. The molecule has 0 spiro atoms. The van der Waals surface area contributed by atoms with Gasteiger partial charge in [-0.15, -0.1) is 0 Å². The third-order valence-electron chi connectivity index (χ3n) is 2.47. The average molecular weight is 235 g/mol. The van der Waals surface area contributed by atoms with Gasteiger partial charge in [0.15, 0.2) is 0 Å². The summed E-state index contributed by atoms with van der Waals surface area (Å²) in [6, 6.07) is 8.50. The topological polar surface area (TPSA) is 0 Å². The van der Waals surface area contributed by atoms with Crippen LogP contribution in [-0.4, -0.2) is 0 Å². The third kappa shape index (κ3) is 3.24. The fourth-order valence-electron chi connectivity index (χ4n) is 1.62. The van der Waals surface area contributed by atoms with Crippen molar-refractivity contribution in [2.45, 2.75) is 33.6 Å². The van der Waals surface area contributed by atoms with Gasteiger partial charge >= 0.3 is 0 Å². The molecule has 0 N–H and O–H groups in total. The Balaban J connectivity index is 0.000000606. The normalized spacial score (nSPS) is 14.5. The summed E-state index contributed by atoms with van der Waals surface area (Å²) in [6.45, 7) is 6.09. The van der Waals surface area contributed by atoms with E-state index in [2.05, 4.69) is 43.3 Å². The maximum atomic E-state index is 6.19. The lowest BCUT2D eigenvalue weighted by Crippen LogP contribution is -1.89. The molecule has 0 atom stereocenters. The first kappa shape index (κ1) is 13.1. The molecule has 1 aliphatic rings. The van der Waals surface area contributed by atoms with Gasteiger partial charge in [0.25, 0.3) is 0 Å². The van der Waals surface area contributed by atoms with Gasteiger partial charge in [-0.1, -0.05) is 67.4 Å². The number of hydrogen-bond acceptors (Lipinski definition) is 0. The van der Waals surface area contributed by atoms with Gasteiger partial charge in [-0.2, -0.15) is 0 Å². The van der Waals surface area contributed by atoms with Gasteiger partial charge in [0.2, 0.25) is 0 Å². The first-order valence-corrected chi connectivity index (χ1v) is 6.27. The lowest BCUT2D eigenvalue weighted by Gasteiger charge is -2.10. The van der Waals surface area contributed by atoms with Crippen LogP contribution in [0, 0.1) is 6.92 Å². The Kier molecular flexibility index (Phi) is 5.34. The molecule has 1 aliphatic carbocycles. The average Bonchev–Trinajstić information content (AvgIpc) is 2.34. The number of hydrogen-bond donors (Lipinski definition) is 0. The fourth-order valence-corrected chi connectivity index (χ4v) is 1.90. The van der Waals surface area contributed by atoms with Crippen molar-refractivity contribution in [1.29, 1.82) is 0 Å². The summed E-state index contributed by atoms with van der Waals surface area (Å²) in [6.07, 6.45) is 6.34. The van der Waals surface area contributed by atoms with Crippen molar-refractivity contribution in [1.82, 2.24) is 0 Å². The molecule has 0 radical (unpaired) electrons.